The number of carbonyl (C=O) groups excluding carboxylic acids is 1. The third-order valence-corrected chi connectivity index (χ3v) is 3.22. The molecule has 0 saturated carbocycles. The van der Waals surface area contributed by atoms with Crippen LogP contribution < -0.4 is 5.43 Å². The maximum Gasteiger partial charge on any atom is 0.416 e. The van der Waals surface area contributed by atoms with Gasteiger partial charge in [-0.25, -0.2) is 5.43 Å². The number of amides is 1. The Morgan fingerprint density at radius 3 is 2.65 bits per heavy atom. The van der Waals surface area contributed by atoms with Crippen molar-refractivity contribution in [2.24, 2.45) is 5.10 Å². The molecular formula is C16H12F3N3O4. The van der Waals surface area contributed by atoms with E-state index >= 15 is 0 Å². The van der Waals surface area contributed by atoms with Crippen LogP contribution >= 0.6 is 0 Å². The molecule has 2 aromatic rings. The molecule has 7 nitrogen and oxygen atoms in total. The first kappa shape index (κ1) is 18.9. The Kier molecular flexibility index (Phi) is 5.55. The zero-order valence-electron chi connectivity index (χ0n) is 13.0. The number of nitrogens with zero attached hydrogens (tertiary/aromatic N) is 2. The number of alkyl halides is 3. The summed E-state index contributed by atoms with van der Waals surface area (Å²) >= 11 is 0. The second-order valence-electron chi connectivity index (χ2n) is 5.17. The maximum absolute atomic E-state index is 12.6. The van der Waals surface area contributed by atoms with Gasteiger partial charge in [-0.1, -0.05) is 18.2 Å². The van der Waals surface area contributed by atoms with Gasteiger partial charge in [-0.15, -0.1) is 0 Å². The van der Waals surface area contributed by atoms with Gasteiger partial charge in [0.15, 0.2) is 5.75 Å². The van der Waals surface area contributed by atoms with Gasteiger partial charge < -0.3 is 5.11 Å². The van der Waals surface area contributed by atoms with E-state index in [1.807, 2.05) is 0 Å². The van der Waals surface area contributed by atoms with Gasteiger partial charge in [0.25, 0.3) is 0 Å². The molecule has 0 atom stereocenters. The Bertz CT molecular complexity index is 866. The SMILES string of the molecule is O=C(Cc1cccc(C(F)(F)F)c1)N/N=C/c1ccc(O)c([N+](=O)[O-])c1. The average Bonchev–Trinajstić information content (AvgIpc) is 2.55. The lowest BCUT2D eigenvalue weighted by molar-refractivity contribution is -0.385. The number of hydrogen-bond acceptors (Lipinski definition) is 5. The molecule has 0 spiro atoms. The summed E-state index contributed by atoms with van der Waals surface area (Å²) in [5, 5.41) is 23.6. The molecule has 0 aliphatic rings. The van der Waals surface area contributed by atoms with E-state index in [9.17, 15) is 33.2 Å². The van der Waals surface area contributed by atoms with Crippen molar-refractivity contribution in [2.75, 3.05) is 0 Å². The Morgan fingerprint density at radius 1 is 1.27 bits per heavy atom. The predicted octanol–water partition coefficient (Wildman–Crippen LogP) is 3.01. The van der Waals surface area contributed by atoms with E-state index in [1.165, 1.54) is 18.2 Å². The van der Waals surface area contributed by atoms with Crippen molar-refractivity contribution >= 4 is 17.8 Å². The number of hydrazone groups is 1. The number of phenols is 1. The number of nitro benzene ring substituents is 1. The minimum Gasteiger partial charge on any atom is -0.502 e. The molecule has 136 valence electrons. The molecular weight excluding hydrogens is 355 g/mol. The summed E-state index contributed by atoms with van der Waals surface area (Å²) in [5.41, 5.74) is 1.14. The van der Waals surface area contributed by atoms with Crippen molar-refractivity contribution in [1.82, 2.24) is 5.43 Å². The molecule has 0 unspecified atom stereocenters. The smallest absolute Gasteiger partial charge is 0.416 e. The molecule has 1 amide bonds. The number of rotatable bonds is 5. The minimum atomic E-state index is -4.50. The molecule has 26 heavy (non-hydrogen) atoms. The van der Waals surface area contributed by atoms with E-state index < -0.39 is 34.0 Å². The van der Waals surface area contributed by atoms with Gasteiger partial charge in [0.05, 0.1) is 23.1 Å². The third kappa shape index (κ3) is 5.03. The Morgan fingerprint density at radius 2 is 2.00 bits per heavy atom. The quantitative estimate of drug-likeness (QED) is 0.481. The summed E-state index contributed by atoms with van der Waals surface area (Å²) in [6, 6.07) is 7.84. The van der Waals surface area contributed by atoms with Crippen molar-refractivity contribution in [3.63, 3.8) is 0 Å². The van der Waals surface area contributed by atoms with E-state index in [-0.39, 0.29) is 17.5 Å². The Hall–Kier alpha value is -3.43. The Labute approximate surface area is 144 Å². The number of benzene rings is 2. The first-order chi connectivity index (χ1) is 12.2. The molecule has 10 heteroatoms. The summed E-state index contributed by atoms with van der Waals surface area (Å²) in [7, 11) is 0. The van der Waals surface area contributed by atoms with Crippen molar-refractivity contribution in [2.45, 2.75) is 12.6 Å². The van der Waals surface area contributed by atoms with Crippen LogP contribution in [0.5, 0.6) is 5.75 Å². The summed E-state index contributed by atoms with van der Waals surface area (Å²) in [6.45, 7) is 0. The van der Waals surface area contributed by atoms with Crippen LogP contribution in [0.1, 0.15) is 16.7 Å². The zero-order valence-corrected chi connectivity index (χ0v) is 13.0. The highest BCUT2D eigenvalue weighted by molar-refractivity contribution is 5.84. The van der Waals surface area contributed by atoms with Gasteiger partial charge in [0.1, 0.15) is 0 Å². The maximum atomic E-state index is 12.6. The highest BCUT2D eigenvalue weighted by Gasteiger charge is 2.30. The molecule has 0 heterocycles. The molecule has 2 rings (SSSR count). The van der Waals surface area contributed by atoms with E-state index in [0.29, 0.717) is 0 Å². The average molecular weight is 367 g/mol. The second-order valence-corrected chi connectivity index (χ2v) is 5.17. The van der Waals surface area contributed by atoms with E-state index in [0.717, 1.165) is 30.5 Å². The van der Waals surface area contributed by atoms with Crippen LogP contribution in [0.2, 0.25) is 0 Å². The topological polar surface area (TPSA) is 105 Å². The van der Waals surface area contributed by atoms with Crippen LogP contribution in [-0.4, -0.2) is 22.2 Å². The van der Waals surface area contributed by atoms with Crippen molar-refractivity contribution in [3.8, 4) is 5.75 Å². The van der Waals surface area contributed by atoms with E-state index in [1.54, 1.807) is 0 Å². The number of nitro groups is 1. The highest BCUT2D eigenvalue weighted by Crippen LogP contribution is 2.29. The lowest BCUT2D eigenvalue weighted by Gasteiger charge is -2.08. The summed E-state index contributed by atoms with van der Waals surface area (Å²) in [6.07, 6.45) is -3.72. The molecule has 0 fully saturated rings. The molecule has 0 bridgehead atoms. The van der Waals surface area contributed by atoms with Gasteiger partial charge in [0, 0.05) is 11.6 Å². The van der Waals surface area contributed by atoms with Gasteiger partial charge in [-0.2, -0.15) is 18.3 Å². The monoisotopic (exact) mass is 367 g/mol. The third-order valence-electron chi connectivity index (χ3n) is 3.22. The van der Waals surface area contributed by atoms with Gasteiger partial charge in [-0.3, -0.25) is 14.9 Å². The number of halogens is 3. The number of nitrogens with one attached hydrogen (secondary N) is 1. The fourth-order valence-corrected chi connectivity index (χ4v) is 2.03. The number of aromatic hydroxyl groups is 1. The van der Waals surface area contributed by atoms with Crippen molar-refractivity contribution in [3.05, 3.63) is 69.3 Å². The van der Waals surface area contributed by atoms with Crippen molar-refractivity contribution < 1.29 is 28.0 Å². The molecule has 0 aromatic heterocycles. The zero-order chi connectivity index (χ0) is 19.3. The lowest BCUT2D eigenvalue weighted by atomic mass is 10.1. The summed E-state index contributed by atoms with van der Waals surface area (Å²) in [5.74, 6) is -1.17. The number of hydrogen-bond donors (Lipinski definition) is 2. The molecule has 0 saturated heterocycles. The van der Waals surface area contributed by atoms with Crippen LogP contribution in [0, 0.1) is 10.1 Å². The predicted molar refractivity (Wildman–Crippen MR) is 85.6 cm³/mol. The minimum absolute atomic E-state index is 0.160. The molecule has 0 aliphatic heterocycles. The van der Waals surface area contributed by atoms with Crippen LogP contribution in [0.25, 0.3) is 0 Å². The fraction of sp³-hybridized carbons (Fsp3) is 0.125. The molecule has 0 radical (unpaired) electrons. The fourth-order valence-electron chi connectivity index (χ4n) is 2.03. The number of carbonyl (C=O) groups is 1. The van der Waals surface area contributed by atoms with Crippen LogP contribution in [0.15, 0.2) is 47.6 Å². The van der Waals surface area contributed by atoms with Crippen molar-refractivity contribution in [1.29, 1.82) is 0 Å². The first-order valence-electron chi connectivity index (χ1n) is 7.12. The van der Waals surface area contributed by atoms with E-state index in [2.05, 4.69) is 10.5 Å². The summed E-state index contributed by atoms with van der Waals surface area (Å²) < 4.78 is 37.9. The molecule has 0 aliphatic carbocycles. The normalized spacial score (nSPS) is 11.5. The van der Waals surface area contributed by atoms with E-state index in [4.69, 9.17) is 0 Å². The van der Waals surface area contributed by atoms with Crippen LogP contribution in [-0.2, 0) is 17.4 Å². The van der Waals surface area contributed by atoms with Gasteiger partial charge in [-0.05, 0) is 23.8 Å². The van der Waals surface area contributed by atoms with Crippen LogP contribution in [0.3, 0.4) is 0 Å². The van der Waals surface area contributed by atoms with Gasteiger partial charge >= 0.3 is 11.9 Å². The Balaban J connectivity index is 2.00. The number of phenolic OH excluding ortho intramolecular Hbond substituents is 1. The second kappa shape index (κ2) is 7.64. The summed E-state index contributed by atoms with van der Waals surface area (Å²) in [4.78, 5) is 21.7. The first-order valence-corrected chi connectivity index (χ1v) is 7.12. The van der Waals surface area contributed by atoms with Gasteiger partial charge in [0.2, 0.25) is 5.91 Å². The lowest BCUT2D eigenvalue weighted by Crippen LogP contribution is -2.20. The largest absolute Gasteiger partial charge is 0.502 e. The molecule has 2 aromatic carbocycles. The standard InChI is InChI=1S/C16H12F3N3O4/c17-16(18,19)12-3-1-2-10(6-12)8-15(24)21-20-9-11-4-5-14(23)13(7-11)22(25)26/h1-7,9,23H,8H2,(H,21,24)/b20-9+. The van der Waals surface area contributed by atoms with Crippen LogP contribution in [0.4, 0.5) is 18.9 Å². The molecule has 2 N–H and O–H groups in total. The highest BCUT2D eigenvalue weighted by atomic mass is 19.4.